The number of nitrogens with two attached hydrogens (primary N) is 1. The maximum Gasteiger partial charge on any atom is 0.357 e. The molecule has 0 saturated carbocycles. The summed E-state index contributed by atoms with van der Waals surface area (Å²) in [6.45, 7) is 0. The van der Waals surface area contributed by atoms with Crippen LogP contribution in [0.2, 0.25) is 0 Å². The first-order valence-electron chi connectivity index (χ1n) is 5.37. The predicted molar refractivity (Wildman–Crippen MR) is 73.5 cm³/mol. The molecule has 0 atom stereocenters. The van der Waals surface area contributed by atoms with E-state index in [1.807, 2.05) is 12.1 Å². The molecule has 0 unspecified atom stereocenters. The highest BCUT2D eigenvalue weighted by atomic mass is 32.1. The molecule has 0 saturated heterocycles. The lowest BCUT2D eigenvalue weighted by molar-refractivity contribution is 0.0593. The van der Waals surface area contributed by atoms with Gasteiger partial charge < -0.3 is 15.0 Å². The van der Waals surface area contributed by atoms with Gasteiger partial charge in [-0.3, -0.25) is 0 Å². The summed E-state index contributed by atoms with van der Waals surface area (Å²) in [6.07, 6.45) is 1.50. The molecule has 0 aliphatic heterocycles. The number of aromatic nitrogens is 1. The first-order chi connectivity index (χ1) is 9.10. The SMILES string of the molecule is COC(=O)c1c(N)c(C#N)cn1-c1ccccc1S. The number of thiol groups is 1. The number of rotatable bonds is 2. The van der Waals surface area contributed by atoms with E-state index < -0.39 is 5.97 Å². The molecule has 0 aliphatic rings. The third kappa shape index (κ3) is 2.16. The van der Waals surface area contributed by atoms with E-state index in [-0.39, 0.29) is 16.9 Å². The zero-order valence-electron chi connectivity index (χ0n) is 10.1. The number of hydrogen-bond donors (Lipinski definition) is 2. The van der Waals surface area contributed by atoms with Crippen LogP contribution in [0.1, 0.15) is 16.1 Å². The van der Waals surface area contributed by atoms with Gasteiger partial charge >= 0.3 is 5.97 Å². The molecule has 6 heteroatoms. The van der Waals surface area contributed by atoms with E-state index in [4.69, 9.17) is 15.7 Å². The molecule has 2 rings (SSSR count). The average molecular weight is 273 g/mol. The van der Waals surface area contributed by atoms with E-state index in [1.54, 1.807) is 18.2 Å². The van der Waals surface area contributed by atoms with Gasteiger partial charge in [0.05, 0.1) is 24.0 Å². The van der Waals surface area contributed by atoms with Crippen molar-refractivity contribution in [2.24, 2.45) is 0 Å². The van der Waals surface area contributed by atoms with Gasteiger partial charge in [-0.05, 0) is 12.1 Å². The highest BCUT2D eigenvalue weighted by Gasteiger charge is 2.22. The molecule has 0 amide bonds. The number of nitriles is 1. The van der Waals surface area contributed by atoms with E-state index in [0.717, 1.165) is 0 Å². The summed E-state index contributed by atoms with van der Waals surface area (Å²) in [4.78, 5) is 12.5. The quantitative estimate of drug-likeness (QED) is 0.648. The molecular formula is C13H11N3O2S. The zero-order chi connectivity index (χ0) is 14.0. The average Bonchev–Trinajstić information content (AvgIpc) is 2.75. The van der Waals surface area contributed by atoms with Crippen LogP contribution in [0.15, 0.2) is 35.4 Å². The Morgan fingerprint density at radius 3 is 2.74 bits per heavy atom. The molecule has 2 N–H and O–H groups in total. The fourth-order valence-corrected chi connectivity index (χ4v) is 2.04. The lowest BCUT2D eigenvalue weighted by atomic mass is 10.2. The van der Waals surface area contributed by atoms with Crippen LogP contribution in [0.3, 0.4) is 0 Å². The second-order valence-electron chi connectivity index (χ2n) is 3.77. The van der Waals surface area contributed by atoms with Crippen molar-refractivity contribution in [2.45, 2.75) is 4.90 Å². The standard InChI is InChI=1S/C13H11N3O2S/c1-18-13(17)12-11(15)8(6-14)7-16(12)9-4-2-3-5-10(9)19/h2-5,7,19H,15H2,1H3. The lowest BCUT2D eigenvalue weighted by Crippen LogP contribution is -2.11. The minimum absolute atomic E-state index is 0.103. The van der Waals surface area contributed by atoms with Crippen molar-refractivity contribution in [1.82, 2.24) is 4.57 Å². The summed E-state index contributed by atoms with van der Waals surface area (Å²) in [6, 6.07) is 9.12. The normalized spacial score (nSPS) is 9.95. The van der Waals surface area contributed by atoms with Gasteiger partial charge in [-0.1, -0.05) is 12.1 Å². The molecule has 5 nitrogen and oxygen atoms in total. The van der Waals surface area contributed by atoms with E-state index in [1.165, 1.54) is 17.9 Å². The minimum atomic E-state index is -0.601. The zero-order valence-corrected chi connectivity index (χ0v) is 11.0. The largest absolute Gasteiger partial charge is 0.464 e. The number of methoxy groups -OCH3 is 1. The van der Waals surface area contributed by atoms with E-state index in [2.05, 4.69) is 12.6 Å². The molecule has 0 radical (unpaired) electrons. The van der Waals surface area contributed by atoms with E-state index in [0.29, 0.717) is 10.6 Å². The molecular weight excluding hydrogens is 262 g/mol. The van der Waals surface area contributed by atoms with Gasteiger partial charge in [0.1, 0.15) is 6.07 Å². The van der Waals surface area contributed by atoms with E-state index >= 15 is 0 Å². The van der Waals surface area contributed by atoms with Gasteiger partial charge in [-0.2, -0.15) is 5.26 Å². The number of nitrogens with zero attached hydrogens (tertiary/aromatic N) is 2. The Bertz CT molecular complexity index is 686. The Hall–Kier alpha value is -2.39. The molecule has 1 aromatic heterocycles. The second kappa shape index (κ2) is 5.08. The van der Waals surface area contributed by atoms with Crippen LogP contribution in [-0.4, -0.2) is 17.6 Å². The smallest absolute Gasteiger partial charge is 0.357 e. The summed E-state index contributed by atoms with van der Waals surface area (Å²) in [5.74, 6) is -0.601. The van der Waals surface area contributed by atoms with Crippen molar-refractivity contribution in [3.63, 3.8) is 0 Å². The third-order valence-electron chi connectivity index (χ3n) is 2.68. The van der Waals surface area contributed by atoms with Crippen LogP contribution >= 0.6 is 12.6 Å². The van der Waals surface area contributed by atoms with Crippen LogP contribution < -0.4 is 5.73 Å². The summed E-state index contributed by atoms with van der Waals surface area (Å²) in [5, 5.41) is 9.01. The monoisotopic (exact) mass is 273 g/mol. The Balaban J connectivity index is 2.74. The summed E-state index contributed by atoms with van der Waals surface area (Å²) in [5.41, 5.74) is 6.91. The molecule has 19 heavy (non-hydrogen) atoms. The predicted octanol–water partition coefficient (Wildman–Crippen LogP) is 2.01. The Kier molecular flexibility index (Phi) is 3.49. The molecule has 96 valence electrons. The Morgan fingerprint density at radius 1 is 1.47 bits per heavy atom. The Labute approximate surface area is 115 Å². The van der Waals surface area contributed by atoms with Crippen molar-refractivity contribution in [3.05, 3.63) is 41.7 Å². The first-order valence-corrected chi connectivity index (χ1v) is 5.82. The van der Waals surface area contributed by atoms with Crippen LogP contribution in [0, 0.1) is 11.3 Å². The number of carbonyl (C=O) groups excluding carboxylic acids is 1. The van der Waals surface area contributed by atoms with Crippen LogP contribution in [0.25, 0.3) is 5.69 Å². The summed E-state index contributed by atoms with van der Waals surface area (Å²) < 4.78 is 6.22. The minimum Gasteiger partial charge on any atom is -0.464 e. The number of esters is 1. The number of ether oxygens (including phenoxy) is 1. The topological polar surface area (TPSA) is 81.0 Å². The van der Waals surface area contributed by atoms with Gasteiger partial charge in [-0.15, -0.1) is 12.6 Å². The maximum absolute atomic E-state index is 11.8. The maximum atomic E-state index is 11.8. The van der Waals surface area contributed by atoms with Crippen molar-refractivity contribution in [1.29, 1.82) is 5.26 Å². The number of benzene rings is 1. The second-order valence-corrected chi connectivity index (χ2v) is 4.25. The van der Waals surface area contributed by atoms with Gasteiger partial charge in [0.25, 0.3) is 0 Å². The molecule has 0 bridgehead atoms. The molecule has 0 spiro atoms. The molecule has 0 fully saturated rings. The first kappa shape index (κ1) is 13.1. The fourth-order valence-electron chi connectivity index (χ4n) is 1.77. The highest BCUT2D eigenvalue weighted by Crippen LogP contribution is 2.27. The van der Waals surface area contributed by atoms with Gasteiger partial charge in [0, 0.05) is 11.1 Å². The fraction of sp³-hybridized carbons (Fsp3) is 0.0769. The summed E-state index contributed by atoms with van der Waals surface area (Å²) in [7, 11) is 1.26. The lowest BCUT2D eigenvalue weighted by Gasteiger charge is -2.10. The van der Waals surface area contributed by atoms with Gasteiger partial charge in [0.15, 0.2) is 5.69 Å². The third-order valence-corrected chi connectivity index (χ3v) is 3.06. The number of anilines is 1. The van der Waals surface area contributed by atoms with Crippen LogP contribution in [-0.2, 0) is 4.74 Å². The Morgan fingerprint density at radius 2 is 2.16 bits per heavy atom. The van der Waals surface area contributed by atoms with Gasteiger partial charge in [0.2, 0.25) is 0 Å². The number of nitrogen functional groups attached to an aromatic ring is 1. The van der Waals surface area contributed by atoms with Crippen LogP contribution in [0.5, 0.6) is 0 Å². The van der Waals surface area contributed by atoms with Crippen molar-refractivity contribution >= 4 is 24.3 Å². The van der Waals surface area contributed by atoms with Crippen molar-refractivity contribution in [2.75, 3.05) is 12.8 Å². The number of carbonyl (C=O) groups is 1. The van der Waals surface area contributed by atoms with E-state index in [9.17, 15) is 4.79 Å². The number of para-hydroxylation sites is 1. The summed E-state index contributed by atoms with van der Waals surface area (Å²) >= 11 is 4.33. The van der Waals surface area contributed by atoms with Crippen LogP contribution in [0.4, 0.5) is 5.69 Å². The van der Waals surface area contributed by atoms with Gasteiger partial charge in [-0.25, -0.2) is 4.79 Å². The molecule has 2 aromatic rings. The molecule has 0 aliphatic carbocycles. The number of hydrogen-bond acceptors (Lipinski definition) is 5. The van der Waals surface area contributed by atoms with Crippen molar-refractivity contribution in [3.8, 4) is 11.8 Å². The van der Waals surface area contributed by atoms with Crippen molar-refractivity contribution < 1.29 is 9.53 Å². The highest BCUT2D eigenvalue weighted by molar-refractivity contribution is 7.80. The molecule has 1 aromatic carbocycles. The molecule has 1 heterocycles.